The molecule has 0 N–H and O–H groups in total. The van der Waals surface area contributed by atoms with Crippen LogP contribution in [0.3, 0.4) is 0 Å². The maximum Gasteiger partial charge on any atom is 0.396 e. The van der Waals surface area contributed by atoms with Gasteiger partial charge in [-0.05, 0) is 0 Å². The predicted molar refractivity (Wildman–Crippen MR) is 24.2 cm³/mol. The van der Waals surface area contributed by atoms with Gasteiger partial charge in [-0.15, -0.1) is 4.39 Å². The average molecular weight is 126 g/mol. The Kier molecular flexibility index (Phi) is 2.51. The van der Waals surface area contributed by atoms with Crippen molar-refractivity contribution in [3.63, 3.8) is 0 Å². The Bertz CT molecular complexity index is 104. The molecule has 1 nitrogen and oxygen atoms in total. The molecule has 0 unspecified atom stereocenters. The van der Waals surface area contributed by atoms with Crippen molar-refractivity contribution in [3.05, 3.63) is 0 Å². The van der Waals surface area contributed by atoms with Gasteiger partial charge in [-0.1, -0.05) is 0 Å². The third kappa shape index (κ3) is 1.95. The lowest BCUT2D eigenvalue weighted by molar-refractivity contribution is -0.474. The van der Waals surface area contributed by atoms with Crippen molar-refractivity contribution in [1.82, 2.24) is 0 Å². The molecule has 0 aromatic heterocycles. The second-order valence-corrected chi connectivity index (χ2v) is 1.52. The molecule has 0 amide bonds. The second-order valence-electron chi connectivity index (χ2n) is 1.52. The summed E-state index contributed by atoms with van der Waals surface area (Å²) in [6, 6.07) is 0. The van der Waals surface area contributed by atoms with Gasteiger partial charge in [0, 0.05) is 0 Å². The van der Waals surface area contributed by atoms with Crippen LogP contribution in [-0.2, 0) is 0 Å². The summed E-state index contributed by atoms with van der Waals surface area (Å²) in [5.41, 5.74) is 0. The second kappa shape index (κ2) is 2.69. The largest absolute Gasteiger partial charge is 0.396 e. The van der Waals surface area contributed by atoms with Gasteiger partial charge in [0.05, 0.1) is 0 Å². The van der Waals surface area contributed by atoms with E-state index in [1.807, 2.05) is 0 Å². The Balaban J connectivity index is 4.00. The van der Waals surface area contributed by atoms with Gasteiger partial charge in [0.2, 0.25) is 0 Å². The topological polar surface area (TPSA) is 3.01 Å². The third-order valence-electron chi connectivity index (χ3n) is 0.607. The van der Waals surface area contributed by atoms with Crippen LogP contribution < -0.4 is 0 Å². The van der Waals surface area contributed by atoms with Crippen molar-refractivity contribution in [3.8, 4) is 0 Å². The minimum atomic E-state index is -2.98. The molecule has 0 aliphatic rings. The Hall–Kier alpha value is -0.540. The summed E-state index contributed by atoms with van der Waals surface area (Å²) in [5, 5.41) is 0. The predicted octanol–water partition coefficient (Wildman–Crippen LogP) is 0.892. The summed E-state index contributed by atoms with van der Waals surface area (Å²) in [4.78, 5) is 0. The standard InChI is InChI=1S/C4H7F3N/c1-8(2)4(7)3(5)6/h3H,1-2H3/q+1. The molecule has 0 rings (SSSR count). The van der Waals surface area contributed by atoms with Crippen LogP contribution in [-0.4, -0.2) is 31.1 Å². The number of rotatable bonds is 1. The highest BCUT2D eigenvalue weighted by Crippen LogP contribution is 1.95. The Morgan fingerprint density at radius 2 is 1.75 bits per heavy atom. The van der Waals surface area contributed by atoms with Crippen molar-refractivity contribution in [2.45, 2.75) is 6.43 Å². The van der Waals surface area contributed by atoms with Crippen LogP contribution in [0, 0.1) is 0 Å². The maximum atomic E-state index is 11.7. The van der Waals surface area contributed by atoms with E-state index < -0.39 is 12.4 Å². The molecule has 0 bridgehead atoms. The van der Waals surface area contributed by atoms with Crippen molar-refractivity contribution in [2.24, 2.45) is 0 Å². The van der Waals surface area contributed by atoms with Gasteiger partial charge in [0.15, 0.2) is 0 Å². The van der Waals surface area contributed by atoms with Crippen LogP contribution in [0.25, 0.3) is 0 Å². The number of alkyl halides is 2. The minimum absolute atomic E-state index is 0.741. The molecule has 0 aliphatic heterocycles. The lowest BCUT2D eigenvalue weighted by atomic mass is 10.7. The van der Waals surface area contributed by atoms with Crippen LogP contribution in [0.5, 0.6) is 0 Å². The first kappa shape index (κ1) is 7.46. The van der Waals surface area contributed by atoms with Crippen molar-refractivity contribution in [2.75, 3.05) is 14.1 Å². The minimum Gasteiger partial charge on any atom is -0.209 e. The average Bonchev–Trinajstić information content (AvgIpc) is 1.64. The molecule has 0 aromatic rings. The molecule has 4 heteroatoms. The highest BCUT2D eigenvalue weighted by atomic mass is 19.3. The summed E-state index contributed by atoms with van der Waals surface area (Å²) < 4.78 is 34.9. The molecule has 0 aromatic carbocycles. The van der Waals surface area contributed by atoms with E-state index in [0.717, 1.165) is 4.58 Å². The number of hydrogen-bond acceptors (Lipinski definition) is 0. The van der Waals surface area contributed by atoms with E-state index in [9.17, 15) is 13.2 Å². The first-order valence-electron chi connectivity index (χ1n) is 2.03. The van der Waals surface area contributed by atoms with Gasteiger partial charge < -0.3 is 0 Å². The van der Waals surface area contributed by atoms with E-state index >= 15 is 0 Å². The molecular weight excluding hydrogens is 119 g/mol. The zero-order chi connectivity index (χ0) is 6.73. The molecule has 0 heterocycles. The fraction of sp³-hybridized carbons (Fsp3) is 0.750. The van der Waals surface area contributed by atoms with Crippen LogP contribution in [0.15, 0.2) is 0 Å². The van der Waals surface area contributed by atoms with E-state index in [4.69, 9.17) is 0 Å². The van der Waals surface area contributed by atoms with Gasteiger partial charge in [-0.3, -0.25) is 0 Å². The van der Waals surface area contributed by atoms with Gasteiger partial charge in [-0.2, -0.15) is 8.78 Å². The summed E-state index contributed by atoms with van der Waals surface area (Å²) in [6.45, 7) is 0. The van der Waals surface area contributed by atoms with Gasteiger partial charge in [0.1, 0.15) is 14.1 Å². The van der Waals surface area contributed by atoms with Gasteiger partial charge >= 0.3 is 12.4 Å². The van der Waals surface area contributed by atoms with Gasteiger partial charge in [-0.25, -0.2) is 4.58 Å². The first-order chi connectivity index (χ1) is 3.55. The SMILES string of the molecule is C[N+](C)=C(F)C(F)F. The van der Waals surface area contributed by atoms with Crippen LogP contribution >= 0.6 is 0 Å². The van der Waals surface area contributed by atoms with E-state index in [1.165, 1.54) is 14.1 Å². The Morgan fingerprint density at radius 3 is 1.75 bits per heavy atom. The highest BCUT2D eigenvalue weighted by molar-refractivity contribution is 5.72. The van der Waals surface area contributed by atoms with Crippen molar-refractivity contribution >= 4 is 5.97 Å². The summed E-state index contributed by atoms with van der Waals surface area (Å²) in [7, 11) is 2.45. The molecule has 8 heavy (non-hydrogen) atoms. The molecule has 0 saturated heterocycles. The van der Waals surface area contributed by atoms with Crippen molar-refractivity contribution < 1.29 is 17.7 Å². The van der Waals surface area contributed by atoms with Crippen LogP contribution in [0.2, 0.25) is 0 Å². The molecule has 0 fully saturated rings. The van der Waals surface area contributed by atoms with Crippen molar-refractivity contribution in [1.29, 1.82) is 0 Å². The molecule has 0 spiro atoms. The monoisotopic (exact) mass is 126 g/mol. The molecule has 0 atom stereocenters. The zero-order valence-electron chi connectivity index (χ0n) is 4.66. The molecule has 48 valence electrons. The smallest absolute Gasteiger partial charge is 0.209 e. The Morgan fingerprint density at radius 1 is 1.38 bits per heavy atom. The number of nitrogens with zero attached hydrogens (tertiary/aromatic N) is 1. The van der Waals surface area contributed by atoms with Crippen LogP contribution in [0.1, 0.15) is 0 Å². The third-order valence-corrected chi connectivity index (χ3v) is 0.607. The number of hydrogen-bond donors (Lipinski definition) is 0. The lowest BCUT2D eigenvalue weighted by Crippen LogP contribution is -2.15. The fourth-order valence-electron chi connectivity index (χ4n) is 0.195. The highest BCUT2D eigenvalue weighted by Gasteiger charge is 2.19. The quantitative estimate of drug-likeness (QED) is 0.362. The summed E-state index contributed by atoms with van der Waals surface area (Å²) in [5.74, 6) is -1.40. The lowest BCUT2D eigenvalue weighted by Gasteiger charge is -1.88. The zero-order valence-corrected chi connectivity index (χ0v) is 4.66. The van der Waals surface area contributed by atoms with E-state index in [-0.39, 0.29) is 0 Å². The molecule has 0 saturated carbocycles. The number of halogens is 3. The molecular formula is C4H7F3N+. The molecule has 0 radical (unpaired) electrons. The van der Waals surface area contributed by atoms with E-state index in [0.29, 0.717) is 0 Å². The Labute approximate surface area is 45.4 Å². The molecule has 0 aliphatic carbocycles. The van der Waals surface area contributed by atoms with Gasteiger partial charge in [0.25, 0.3) is 0 Å². The fourth-order valence-corrected chi connectivity index (χ4v) is 0.195. The summed E-state index contributed by atoms with van der Waals surface area (Å²) >= 11 is 0. The summed E-state index contributed by atoms with van der Waals surface area (Å²) in [6.07, 6.45) is -2.98. The van der Waals surface area contributed by atoms with E-state index in [1.54, 1.807) is 0 Å². The maximum absolute atomic E-state index is 11.7. The van der Waals surface area contributed by atoms with E-state index in [2.05, 4.69) is 0 Å². The van der Waals surface area contributed by atoms with Crippen LogP contribution in [0.4, 0.5) is 13.2 Å². The normalized spacial score (nSPS) is 9.75. The first-order valence-corrected chi connectivity index (χ1v) is 2.03.